The zero-order valence-electron chi connectivity index (χ0n) is 10.4. The second kappa shape index (κ2) is 4.95. The summed E-state index contributed by atoms with van der Waals surface area (Å²) in [5.74, 6) is 0.223. The fraction of sp³-hybridized carbons (Fsp3) is 0.538. The Kier molecular flexibility index (Phi) is 3.75. The quantitative estimate of drug-likeness (QED) is 0.815. The predicted molar refractivity (Wildman–Crippen MR) is 60.7 cm³/mol. The molecule has 1 saturated carbocycles. The summed E-state index contributed by atoms with van der Waals surface area (Å²) < 4.78 is 76.4. The van der Waals surface area contributed by atoms with Crippen molar-refractivity contribution in [3.8, 4) is 0 Å². The Morgan fingerprint density at radius 1 is 1.05 bits per heavy atom. The molecule has 1 aromatic carbocycles. The van der Waals surface area contributed by atoms with Crippen molar-refractivity contribution in [1.29, 1.82) is 0 Å². The first-order valence-corrected chi connectivity index (χ1v) is 6.13. The molecule has 1 nitrogen and oxygen atoms in total. The van der Waals surface area contributed by atoms with Crippen molar-refractivity contribution in [2.24, 2.45) is 11.7 Å². The summed E-state index contributed by atoms with van der Waals surface area (Å²) in [6, 6.07) is 0.401. The van der Waals surface area contributed by atoms with Crippen molar-refractivity contribution in [2.75, 3.05) is 0 Å². The standard InChI is InChI=1S/C13H13F6N/c14-12(15,16)8-3-4-10(13(17,18)19)9(6-8)11(20)5-7-1-2-7/h3-4,6-7,11H,1-2,5,20H2/t11-/m0/s1. The first kappa shape index (κ1) is 15.2. The van der Waals surface area contributed by atoms with E-state index in [0.717, 1.165) is 12.8 Å². The zero-order chi connectivity index (χ0) is 15.1. The van der Waals surface area contributed by atoms with Gasteiger partial charge in [-0.25, -0.2) is 0 Å². The molecule has 0 aromatic heterocycles. The summed E-state index contributed by atoms with van der Waals surface area (Å²) in [4.78, 5) is 0. The number of halogens is 6. The van der Waals surface area contributed by atoms with Gasteiger partial charge in [0.05, 0.1) is 11.1 Å². The maximum atomic E-state index is 12.9. The van der Waals surface area contributed by atoms with E-state index in [1.54, 1.807) is 0 Å². The van der Waals surface area contributed by atoms with Gasteiger partial charge in [0.1, 0.15) is 0 Å². The van der Waals surface area contributed by atoms with E-state index in [-0.39, 0.29) is 12.3 Å². The average Bonchev–Trinajstić information content (AvgIpc) is 3.09. The Labute approximate surface area is 111 Å². The maximum Gasteiger partial charge on any atom is 0.416 e. The lowest BCUT2D eigenvalue weighted by Gasteiger charge is -2.20. The van der Waals surface area contributed by atoms with Crippen molar-refractivity contribution >= 4 is 0 Å². The van der Waals surface area contributed by atoms with E-state index in [2.05, 4.69) is 0 Å². The highest BCUT2D eigenvalue weighted by Gasteiger charge is 2.38. The van der Waals surface area contributed by atoms with Gasteiger partial charge in [0, 0.05) is 6.04 Å². The maximum absolute atomic E-state index is 12.9. The summed E-state index contributed by atoms with van der Waals surface area (Å²) >= 11 is 0. The van der Waals surface area contributed by atoms with Crippen LogP contribution in [0.3, 0.4) is 0 Å². The number of nitrogens with two attached hydrogens (primary N) is 1. The van der Waals surface area contributed by atoms with Gasteiger partial charge in [0.25, 0.3) is 0 Å². The Morgan fingerprint density at radius 3 is 2.10 bits per heavy atom. The SMILES string of the molecule is N[C@@H](CC1CC1)c1cc(C(F)(F)F)ccc1C(F)(F)F. The molecule has 1 aliphatic rings. The molecule has 0 bridgehead atoms. The first-order valence-electron chi connectivity index (χ1n) is 6.13. The molecule has 20 heavy (non-hydrogen) atoms. The van der Waals surface area contributed by atoms with Gasteiger partial charge in [-0.1, -0.05) is 12.8 Å². The fourth-order valence-corrected chi connectivity index (χ4v) is 2.14. The Hall–Kier alpha value is -1.24. The van der Waals surface area contributed by atoms with Gasteiger partial charge in [-0.05, 0) is 36.1 Å². The number of hydrogen-bond acceptors (Lipinski definition) is 1. The van der Waals surface area contributed by atoms with Gasteiger partial charge in [-0.15, -0.1) is 0 Å². The zero-order valence-corrected chi connectivity index (χ0v) is 10.4. The molecule has 1 aliphatic carbocycles. The van der Waals surface area contributed by atoms with Crippen LogP contribution in [-0.4, -0.2) is 0 Å². The van der Waals surface area contributed by atoms with Crippen LogP contribution < -0.4 is 5.73 Å². The summed E-state index contributed by atoms with van der Waals surface area (Å²) in [6.07, 6.45) is -7.37. The van der Waals surface area contributed by atoms with Crippen LogP contribution in [-0.2, 0) is 12.4 Å². The molecule has 0 amide bonds. The first-order chi connectivity index (χ1) is 9.09. The van der Waals surface area contributed by atoms with E-state index in [0.29, 0.717) is 18.2 Å². The summed E-state index contributed by atoms with van der Waals surface area (Å²) in [5.41, 5.74) is 3.02. The number of benzene rings is 1. The minimum Gasteiger partial charge on any atom is -0.324 e. The molecular formula is C13H13F6N. The van der Waals surface area contributed by atoms with Crippen LogP contribution in [0, 0.1) is 5.92 Å². The predicted octanol–water partition coefficient (Wildman–Crippen LogP) is 4.52. The van der Waals surface area contributed by atoms with Crippen LogP contribution in [0.5, 0.6) is 0 Å². The molecule has 0 radical (unpaired) electrons. The lowest BCUT2D eigenvalue weighted by atomic mass is 9.94. The van der Waals surface area contributed by atoms with E-state index < -0.39 is 35.1 Å². The van der Waals surface area contributed by atoms with E-state index in [9.17, 15) is 26.3 Å². The van der Waals surface area contributed by atoms with Gasteiger partial charge in [-0.2, -0.15) is 26.3 Å². The Bertz CT molecular complexity index is 487. The van der Waals surface area contributed by atoms with Crippen LogP contribution in [0.25, 0.3) is 0 Å². The highest BCUT2D eigenvalue weighted by Crippen LogP contribution is 2.42. The third-order valence-corrected chi connectivity index (χ3v) is 3.37. The highest BCUT2D eigenvalue weighted by atomic mass is 19.4. The van der Waals surface area contributed by atoms with Crippen molar-refractivity contribution in [2.45, 2.75) is 37.7 Å². The van der Waals surface area contributed by atoms with Crippen LogP contribution in [0.15, 0.2) is 18.2 Å². The van der Waals surface area contributed by atoms with Gasteiger partial charge in [0.15, 0.2) is 0 Å². The molecule has 0 saturated heterocycles. The largest absolute Gasteiger partial charge is 0.416 e. The summed E-state index contributed by atoms with van der Waals surface area (Å²) in [5, 5.41) is 0. The van der Waals surface area contributed by atoms with Gasteiger partial charge < -0.3 is 5.73 Å². The van der Waals surface area contributed by atoms with E-state index in [1.807, 2.05) is 0 Å². The lowest BCUT2D eigenvalue weighted by molar-refractivity contribution is -0.142. The van der Waals surface area contributed by atoms with Crippen molar-refractivity contribution in [3.63, 3.8) is 0 Å². The lowest BCUT2D eigenvalue weighted by Crippen LogP contribution is -2.19. The van der Waals surface area contributed by atoms with E-state index >= 15 is 0 Å². The fourth-order valence-electron chi connectivity index (χ4n) is 2.14. The van der Waals surface area contributed by atoms with E-state index in [1.165, 1.54) is 0 Å². The number of hydrogen-bond donors (Lipinski definition) is 1. The molecular weight excluding hydrogens is 284 g/mol. The summed E-state index contributed by atoms with van der Waals surface area (Å²) in [7, 11) is 0. The average molecular weight is 297 g/mol. The summed E-state index contributed by atoms with van der Waals surface area (Å²) in [6.45, 7) is 0. The molecule has 0 aliphatic heterocycles. The molecule has 1 aromatic rings. The third-order valence-electron chi connectivity index (χ3n) is 3.37. The minimum atomic E-state index is -4.71. The second-order valence-electron chi connectivity index (χ2n) is 5.08. The highest BCUT2D eigenvalue weighted by molar-refractivity contribution is 5.37. The Balaban J connectivity index is 2.41. The minimum absolute atomic E-state index is 0.223. The molecule has 0 spiro atoms. The molecule has 1 atom stereocenters. The normalized spacial score (nSPS) is 18.1. The molecule has 2 rings (SSSR count). The van der Waals surface area contributed by atoms with Gasteiger partial charge in [0.2, 0.25) is 0 Å². The van der Waals surface area contributed by atoms with Crippen molar-refractivity contribution in [1.82, 2.24) is 0 Å². The topological polar surface area (TPSA) is 26.0 Å². The molecule has 7 heteroatoms. The Morgan fingerprint density at radius 2 is 1.65 bits per heavy atom. The molecule has 112 valence electrons. The van der Waals surface area contributed by atoms with Crippen LogP contribution >= 0.6 is 0 Å². The van der Waals surface area contributed by atoms with Crippen LogP contribution in [0.2, 0.25) is 0 Å². The van der Waals surface area contributed by atoms with E-state index in [4.69, 9.17) is 5.73 Å². The second-order valence-corrected chi connectivity index (χ2v) is 5.08. The molecule has 0 heterocycles. The molecule has 2 N–H and O–H groups in total. The molecule has 0 unspecified atom stereocenters. The van der Waals surface area contributed by atoms with Crippen molar-refractivity contribution < 1.29 is 26.3 Å². The molecule has 1 fully saturated rings. The van der Waals surface area contributed by atoms with Crippen molar-refractivity contribution in [3.05, 3.63) is 34.9 Å². The van der Waals surface area contributed by atoms with Crippen LogP contribution in [0.4, 0.5) is 26.3 Å². The third kappa shape index (κ3) is 3.45. The number of alkyl halides is 6. The van der Waals surface area contributed by atoms with Crippen LogP contribution in [0.1, 0.15) is 42.0 Å². The van der Waals surface area contributed by atoms with Gasteiger partial charge >= 0.3 is 12.4 Å². The smallest absolute Gasteiger partial charge is 0.324 e. The van der Waals surface area contributed by atoms with Gasteiger partial charge in [-0.3, -0.25) is 0 Å². The number of rotatable bonds is 3. The monoisotopic (exact) mass is 297 g/mol.